The maximum absolute atomic E-state index is 12.2. The Morgan fingerprint density at radius 3 is 2.65 bits per heavy atom. The lowest BCUT2D eigenvalue weighted by atomic mass is 10.2. The molecular weight excluding hydrogens is 276 g/mol. The quantitative estimate of drug-likeness (QED) is 0.825. The standard InChI is InChI=1S/C14H18N2O3S/c1-16(10-14-3-2-8-19-14)20(17,18)11-13-6-4-12(9-15)5-7-13/h4-7,14H,2-3,8,10-11H2,1H3. The van der Waals surface area contributed by atoms with Crippen LogP contribution in [0.4, 0.5) is 0 Å². The number of benzene rings is 1. The summed E-state index contributed by atoms with van der Waals surface area (Å²) in [6, 6.07) is 8.62. The van der Waals surface area contributed by atoms with Crippen LogP contribution < -0.4 is 0 Å². The molecule has 0 aliphatic carbocycles. The van der Waals surface area contributed by atoms with Crippen molar-refractivity contribution in [2.24, 2.45) is 0 Å². The minimum Gasteiger partial charge on any atom is -0.377 e. The summed E-state index contributed by atoms with van der Waals surface area (Å²) >= 11 is 0. The van der Waals surface area contributed by atoms with Crippen molar-refractivity contribution in [3.8, 4) is 6.07 Å². The van der Waals surface area contributed by atoms with Crippen LogP contribution in [0.25, 0.3) is 0 Å². The smallest absolute Gasteiger partial charge is 0.218 e. The molecule has 1 aromatic rings. The third-order valence-electron chi connectivity index (χ3n) is 3.39. The van der Waals surface area contributed by atoms with Crippen molar-refractivity contribution in [3.05, 3.63) is 35.4 Å². The molecule has 108 valence electrons. The molecule has 5 nitrogen and oxygen atoms in total. The van der Waals surface area contributed by atoms with E-state index in [4.69, 9.17) is 10.00 Å². The van der Waals surface area contributed by atoms with E-state index in [2.05, 4.69) is 0 Å². The van der Waals surface area contributed by atoms with Gasteiger partial charge in [0, 0.05) is 20.2 Å². The number of nitrogens with zero attached hydrogens (tertiary/aromatic N) is 2. The molecule has 1 unspecified atom stereocenters. The van der Waals surface area contributed by atoms with Gasteiger partial charge in [-0.25, -0.2) is 12.7 Å². The summed E-state index contributed by atoms with van der Waals surface area (Å²) in [5.74, 6) is -0.0536. The highest BCUT2D eigenvalue weighted by Crippen LogP contribution is 2.16. The minimum absolute atomic E-state index is 0.00994. The lowest BCUT2D eigenvalue weighted by Gasteiger charge is -2.20. The van der Waals surface area contributed by atoms with Crippen LogP contribution in [0.2, 0.25) is 0 Å². The molecule has 0 radical (unpaired) electrons. The zero-order valence-corrected chi connectivity index (χ0v) is 12.3. The average Bonchev–Trinajstić information content (AvgIpc) is 2.92. The fourth-order valence-electron chi connectivity index (χ4n) is 2.18. The van der Waals surface area contributed by atoms with Crippen molar-refractivity contribution >= 4 is 10.0 Å². The molecule has 1 heterocycles. The third-order valence-corrected chi connectivity index (χ3v) is 5.19. The normalized spacial score (nSPS) is 19.1. The fraction of sp³-hybridized carbons (Fsp3) is 0.500. The molecule has 1 saturated heterocycles. The average molecular weight is 294 g/mol. The van der Waals surface area contributed by atoms with Crippen molar-refractivity contribution in [2.75, 3.05) is 20.2 Å². The van der Waals surface area contributed by atoms with Crippen molar-refractivity contribution in [1.29, 1.82) is 5.26 Å². The zero-order valence-electron chi connectivity index (χ0n) is 11.4. The van der Waals surface area contributed by atoms with Gasteiger partial charge in [0.2, 0.25) is 10.0 Å². The molecule has 0 saturated carbocycles. The van der Waals surface area contributed by atoms with Gasteiger partial charge in [-0.1, -0.05) is 12.1 Å². The number of ether oxygens (including phenoxy) is 1. The van der Waals surface area contributed by atoms with Gasteiger partial charge in [-0.05, 0) is 30.5 Å². The predicted octanol–water partition coefficient (Wildman–Crippen LogP) is 1.50. The van der Waals surface area contributed by atoms with E-state index in [0.29, 0.717) is 24.3 Å². The zero-order chi connectivity index (χ0) is 14.6. The van der Waals surface area contributed by atoms with E-state index in [9.17, 15) is 8.42 Å². The van der Waals surface area contributed by atoms with Crippen LogP contribution in [0.1, 0.15) is 24.0 Å². The number of likely N-dealkylation sites (N-methyl/N-ethyl adjacent to an activating group) is 1. The van der Waals surface area contributed by atoms with Gasteiger partial charge in [0.25, 0.3) is 0 Å². The molecule has 0 N–H and O–H groups in total. The van der Waals surface area contributed by atoms with Crippen molar-refractivity contribution in [1.82, 2.24) is 4.31 Å². The summed E-state index contributed by atoms with van der Waals surface area (Å²) in [6.45, 7) is 1.12. The first-order valence-corrected chi connectivity index (χ1v) is 8.17. The Morgan fingerprint density at radius 1 is 1.40 bits per heavy atom. The first-order chi connectivity index (χ1) is 9.51. The number of rotatable bonds is 5. The highest BCUT2D eigenvalue weighted by molar-refractivity contribution is 7.88. The summed E-state index contributed by atoms with van der Waals surface area (Å²) in [5, 5.41) is 8.72. The first kappa shape index (κ1) is 15.0. The maximum Gasteiger partial charge on any atom is 0.218 e. The molecule has 0 amide bonds. The van der Waals surface area contributed by atoms with Gasteiger partial charge in [0.1, 0.15) is 0 Å². The highest BCUT2D eigenvalue weighted by atomic mass is 32.2. The Labute approximate surface area is 119 Å². The molecule has 1 aliphatic heterocycles. The SMILES string of the molecule is CN(CC1CCCO1)S(=O)(=O)Cc1ccc(C#N)cc1. The van der Waals surface area contributed by atoms with Gasteiger partial charge in [-0.15, -0.1) is 0 Å². The van der Waals surface area contributed by atoms with E-state index >= 15 is 0 Å². The Hall–Kier alpha value is -1.42. The third kappa shape index (κ3) is 3.79. The molecule has 6 heteroatoms. The maximum atomic E-state index is 12.2. The molecule has 0 aromatic heterocycles. The van der Waals surface area contributed by atoms with Gasteiger partial charge < -0.3 is 4.74 Å². The Bertz CT molecular complexity index is 584. The Kier molecular flexibility index (Phi) is 4.76. The second-order valence-corrected chi connectivity index (χ2v) is 7.06. The summed E-state index contributed by atoms with van der Waals surface area (Å²) < 4.78 is 31.3. The lowest BCUT2D eigenvalue weighted by molar-refractivity contribution is 0.0978. The molecule has 0 bridgehead atoms. The van der Waals surface area contributed by atoms with E-state index in [1.165, 1.54) is 4.31 Å². The number of sulfonamides is 1. The van der Waals surface area contributed by atoms with Crippen LogP contribution in [0.5, 0.6) is 0 Å². The van der Waals surface area contributed by atoms with E-state index in [-0.39, 0.29) is 11.9 Å². The molecule has 1 aromatic carbocycles. The molecule has 1 atom stereocenters. The van der Waals surface area contributed by atoms with Crippen LogP contribution >= 0.6 is 0 Å². The van der Waals surface area contributed by atoms with E-state index in [0.717, 1.165) is 12.8 Å². The summed E-state index contributed by atoms with van der Waals surface area (Å²) in [5.41, 5.74) is 1.21. The molecule has 1 fully saturated rings. The van der Waals surface area contributed by atoms with E-state index < -0.39 is 10.0 Å². The van der Waals surface area contributed by atoms with Gasteiger partial charge in [0.15, 0.2) is 0 Å². The molecule has 0 spiro atoms. The first-order valence-electron chi connectivity index (χ1n) is 6.56. The highest BCUT2D eigenvalue weighted by Gasteiger charge is 2.24. The largest absolute Gasteiger partial charge is 0.377 e. The summed E-state index contributed by atoms with van der Waals surface area (Å²) in [4.78, 5) is 0. The molecule has 1 aliphatic rings. The van der Waals surface area contributed by atoms with Crippen LogP contribution in [0.3, 0.4) is 0 Å². The van der Waals surface area contributed by atoms with Gasteiger partial charge in [-0.3, -0.25) is 0 Å². The second-order valence-electron chi connectivity index (χ2n) is 4.98. The minimum atomic E-state index is -3.35. The van der Waals surface area contributed by atoms with Crippen molar-refractivity contribution in [3.63, 3.8) is 0 Å². The monoisotopic (exact) mass is 294 g/mol. The van der Waals surface area contributed by atoms with Crippen LogP contribution in [0, 0.1) is 11.3 Å². The van der Waals surface area contributed by atoms with Gasteiger partial charge >= 0.3 is 0 Å². The van der Waals surface area contributed by atoms with Crippen molar-refractivity contribution < 1.29 is 13.2 Å². The number of hydrogen-bond acceptors (Lipinski definition) is 4. The van der Waals surface area contributed by atoms with Crippen LogP contribution in [-0.4, -0.2) is 39.0 Å². The molecular formula is C14H18N2O3S. The topological polar surface area (TPSA) is 70.4 Å². The Morgan fingerprint density at radius 2 is 2.10 bits per heavy atom. The summed E-state index contributed by atoms with van der Waals surface area (Å²) in [7, 11) is -1.77. The lowest BCUT2D eigenvalue weighted by Crippen LogP contribution is -2.34. The van der Waals surface area contributed by atoms with E-state index in [1.807, 2.05) is 6.07 Å². The summed E-state index contributed by atoms with van der Waals surface area (Å²) in [6.07, 6.45) is 1.92. The van der Waals surface area contributed by atoms with Crippen LogP contribution in [0.15, 0.2) is 24.3 Å². The predicted molar refractivity (Wildman–Crippen MR) is 75.4 cm³/mol. The van der Waals surface area contributed by atoms with Gasteiger partial charge in [0.05, 0.1) is 23.5 Å². The second kappa shape index (κ2) is 6.35. The van der Waals surface area contributed by atoms with Crippen LogP contribution in [-0.2, 0) is 20.5 Å². The van der Waals surface area contributed by atoms with Crippen molar-refractivity contribution in [2.45, 2.75) is 24.7 Å². The number of nitriles is 1. The number of hydrogen-bond donors (Lipinski definition) is 0. The Balaban J connectivity index is 1.99. The van der Waals surface area contributed by atoms with Gasteiger partial charge in [-0.2, -0.15) is 5.26 Å². The van der Waals surface area contributed by atoms with E-state index in [1.54, 1.807) is 31.3 Å². The fourth-order valence-corrected chi connectivity index (χ4v) is 3.41. The molecule has 20 heavy (non-hydrogen) atoms. The molecule has 2 rings (SSSR count).